The summed E-state index contributed by atoms with van der Waals surface area (Å²) < 4.78 is 13.3. The molecule has 1 aromatic heterocycles. The lowest BCUT2D eigenvalue weighted by molar-refractivity contribution is 0.613. The minimum atomic E-state index is -0.244. The van der Waals surface area contributed by atoms with Crippen molar-refractivity contribution in [2.24, 2.45) is 5.84 Å². The van der Waals surface area contributed by atoms with E-state index >= 15 is 0 Å². The number of hydrogen-bond donors (Lipinski definition) is 3. The predicted octanol–water partition coefficient (Wildman–Crippen LogP) is 1.51. The normalized spacial score (nSPS) is 10.0. The molecule has 2 rings (SSSR count). The summed E-state index contributed by atoms with van der Waals surface area (Å²) in [5, 5.41) is 2.99. The fourth-order valence-corrected chi connectivity index (χ4v) is 1.35. The Morgan fingerprint density at radius 3 is 2.82 bits per heavy atom. The Morgan fingerprint density at radius 1 is 1.24 bits per heavy atom. The van der Waals surface area contributed by atoms with E-state index in [4.69, 9.17) is 5.84 Å². The van der Waals surface area contributed by atoms with Gasteiger partial charge in [0.1, 0.15) is 11.6 Å². The van der Waals surface area contributed by atoms with Crippen molar-refractivity contribution in [3.63, 3.8) is 0 Å². The zero-order chi connectivity index (χ0) is 12.1. The van der Waals surface area contributed by atoms with Gasteiger partial charge in [-0.25, -0.2) is 15.2 Å². The van der Waals surface area contributed by atoms with E-state index in [0.29, 0.717) is 23.9 Å². The zero-order valence-electron chi connectivity index (χ0n) is 9.02. The number of nitrogens with two attached hydrogens (primary N) is 1. The fraction of sp³-hybridized carbons (Fsp3) is 0.0909. The largest absolute Gasteiger partial charge is 0.366 e. The van der Waals surface area contributed by atoms with Gasteiger partial charge >= 0.3 is 0 Å². The number of nitrogen functional groups attached to an aromatic ring is 1. The number of nitrogens with zero attached hydrogens (tertiary/aromatic N) is 2. The monoisotopic (exact) mass is 233 g/mol. The standard InChI is InChI=1S/C11H12FN5/c12-9-4-2-1-3-8(9)7-15-10-5-6-14-11(16-10)17-13/h1-6H,7,13H2,(H2,14,15,16,17). The zero-order valence-corrected chi connectivity index (χ0v) is 9.02. The molecular weight excluding hydrogens is 221 g/mol. The number of rotatable bonds is 4. The predicted molar refractivity (Wildman–Crippen MR) is 63.6 cm³/mol. The molecule has 0 spiro atoms. The molecule has 0 aliphatic heterocycles. The molecule has 5 nitrogen and oxygen atoms in total. The molecule has 0 bridgehead atoms. The van der Waals surface area contributed by atoms with Gasteiger partial charge < -0.3 is 5.32 Å². The SMILES string of the molecule is NNc1nccc(NCc2ccccc2F)n1. The molecule has 1 heterocycles. The number of halogens is 1. The molecule has 0 amide bonds. The molecule has 0 radical (unpaired) electrons. The lowest BCUT2D eigenvalue weighted by Gasteiger charge is -2.07. The van der Waals surface area contributed by atoms with E-state index in [-0.39, 0.29) is 5.82 Å². The number of nitrogens with one attached hydrogen (secondary N) is 2. The maximum absolute atomic E-state index is 13.3. The number of hydrazine groups is 1. The van der Waals surface area contributed by atoms with Gasteiger partial charge in [0.05, 0.1) is 0 Å². The second-order valence-electron chi connectivity index (χ2n) is 3.35. The summed E-state index contributed by atoms with van der Waals surface area (Å²) in [6.07, 6.45) is 1.56. The molecule has 0 unspecified atom stereocenters. The van der Waals surface area contributed by atoms with Crippen molar-refractivity contribution in [2.75, 3.05) is 10.7 Å². The molecule has 0 aliphatic carbocycles. The van der Waals surface area contributed by atoms with Crippen molar-refractivity contribution in [1.29, 1.82) is 0 Å². The highest BCUT2D eigenvalue weighted by molar-refractivity contribution is 5.39. The number of aromatic nitrogens is 2. The van der Waals surface area contributed by atoms with Crippen LogP contribution in [0.2, 0.25) is 0 Å². The molecule has 6 heteroatoms. The molecule has 0 aliphatic rings. The van der Waals surface area contributed by atoms with Crippen molar-refractivity contribution in [1.82, 2.24) is 9.97 Å². The summed E-state index contributed by atoms with van der Waals surface area (Å²) in [6.45, 7) is 0.355. The maximum Gasteiger partial charge on any atom is 0.239 e. The molecule has 4 N–H and O–H groups in total. The van der Waals surface area contributed by atoms with E-state index in [9.17, 15) is 4.39 Å². The summed E-state index contributed by atoms with van der Waals surface area (Å²) in [5.41, 5.74) is 2.92. The average Bonchev–Trinajstić information content (AvgIpc) is 2.38. The molecular formula is C11H12FN5. The van der Waals surface area contributed by atoms with Gasteiger partial charge in [-0.05, 0) is 12.1 Å². The van der Waals surface area contributed by atoms with E-state index in [0.717, 1.165) is 0 Å². The van der Waals surface area contributed by atoms with Crippen LogP contribution in [0, 0.1) is 5.82 Å². The van der Waals surface area contributed by atoms with Gasteiger partial charge in [-0.3, -0.25) is 5.43 Å². The first kappa shape index (κ1) is 11.3. The summed E-state index contributed by atoms with van der Waals surface area (Å²) in [5.74, 6) is 5.83. The molecule has 2 aromatic rings. The van der Waals surface area contributed by atoms with Crippen molar-refractivity contribution in [3.8, 4) is 0 Å². The minimum Gasteiger partial charge on any atom is -0.366 e. The van der Waals surface area contributed by atoms with Crippen LogP contribution in [0.1, 0.15) is 5.56 Å². The quantitative estimate of drug-likeness (QED) is 0.551. The Hall–Kier alpha value is -2.21. The van der Waals surface area contributed by atoms with Gasteiger partial charge in [0.25, 0.3) is 0 Å². The van der Waals surface area contributed by atoms with Gasteiger partial charge in [-0.15, -0.1) is 0 Å². The van der Waals surface area contributed by atoms with Crippen LogP contribution in [-0.2, 0) is 6.54 Å². The third-order valence-corrected chi connectivity index (χ3v) is 2.20. The second-order valence-corrected chi connectivity index (χ2v) is 3.35. The highest BCUT2D eigenvalue weighted by atomic mass is 19.1. The van der Waals surface area contributed by atoms with Gasteiger partial charge in [-0.2, -0.15) is 4.98 Å². The lowest BCUT2D eigenvalue weighted by atomic mass is 10.2. The minimum absolute atomic E-state index is 0.244. The maximum atomic E-state index is 13.3. The smallest absolute Gasteiger partial charge is 0.239 e. The molecule has 0 atom stereocenters. The Kier molecular flexibility index (Phi) is 3.46. The first-order valence-electron chi connectivity index (χ1n) is 5.06. The Morgan fingerprint density at radius 2 is 2.06 bits per heavy atom. The summed E-state index contributed by atoms with van der Waals surface area (Å²) in [4.78, 5) is 7.92. The summed E-state index contributed by atoms with van der Waals surface area (Å²) in [7, 11) is 0. The molecule has 0 saturated heterocycles. The third kappa shape index (κ3) is 2.88. The van der Waals surface area contributed by atoms with Gasteiger partial charge in [-0.1, -0.05) is 18.2 Å². The van der Waals surface area contributed by atoms with Gasteiger partial charge in [0.2, 0.25) is 5.95 Å². The topological polar surface area (TPSA) is 75.9 Å². The van der Waals surface area contributed by atoms with E-state index in [1.54, 1.807) is 30.5 Å². The van der Waals surface area contributed by atoms with Gasteiger partial charge in [0, 0.05) is 18.3 Å². The van der Waals surface area contributed by atoms with E-state index in [2.05, 4.69) is 20.7 Å². The van der Waals surface area contributed by atoms with E-state index in [1.165, 1.54) is 6.07 Å². The summed E-state index contributed by atoms with van der Waals surface area (Å²) >= 11 is 0. The Bertz CT molecular complexity index is 503. The first-order valence-corrected chi connectivity index (χ1v) is 5.06. The Balaban J connectivity index is 2.05. The van der Waals surface area contributed by atoms with Crippen molar-refractivity contribution in [3.05, 3.63) is 47.9 Å². The van der Waals surface area contributed by atoms with E-state index in [1.807, 2.05) is 0 Å². The molecule has 1 aromatic carbocycles. The van der Waals surface area contributed by atoms with Crippen LogP contribution in [0.3, 0.4) is 0 Å². The van der Waals surface area contributed by atoms with Crippen molar-refractivity contribution < 1.29 is 4.39 Å². The number of benzene rings is 1. The molecule has 88 valence electrons. The first-order chi connectivity index (χ1) is 8.29. The van der Waals surface area contributed by atoms with E-state index < -0.39 is 0 Å². The Labute approximate surface area is 97.9 Å². The molecule has 0 fully saturated rings. The number of anilines is 2. The van der Waals surface area contributed by atoms with Crippen molar-refractivity contribution >= 4 is 11.8 Å². The van der Waals surface area contributed by atoms with Crippen LogP contribution in [-0.4, -0.2) is 9.97 Å². The van der Waals surface area contributed by atoms with Crippen LogP contribution in [0.4, 0.5) is 16.2 Å². The molecule has 0 saturated carbocycles. The van der Waals surface area contributed by atoms with Crippen LogP contribution in [0.15, 0.2) is 36.5 Å². The number of hydrogen-bond acceptors (Lipinski definition) is 5. The van der Waals surface area contributed by atoms with Crippen molar-refractivity contribution in [2.45, 2.75) is 6.54 Å². The molecule has 17 heavy (non-hydrogen) atoms. The second kappa shape index (κ2) is 5.22. The third-order valence-electron chi connectivity index (χ3n) is 2.20. The summed E-state index contributed by atoms with van der Waals surface area (Å²) in [6, 6.07) is 8.25. The van der Waals surface area contributed by atoms with Crippen LogP contribution < -0.4 is 16.6 Å². The fourth-order valence-electron chi connectivity index (χ4n) is 1.35. The van der Waals surface area contributed by atoms with Crippen LogP contribution >= 0.6 is 0 Å². The highest BCUT2D eigenvalue weighted by Crippen LogP contribution is 2.10. The lowest BCUT2D eigenvalue weighted by Crippen LogP contribution is -2.11. The van der Waals surface area contributed by atoms with Crippen LogP contribution in [0.25, 0.3) is 0 Å². The van der Waals surface area contributed by atoms with Gasteiger partial charge in [0.15, 0.2) is 0 Å². The highest BCUT2D eigenvalue weighted by Gasteiger charge is 2.01. The van der Waals surface area contributed by atoms with Crippen LogP contribution in [0.5, 0.6) is 0 Å². The average molecular weight is 233 g/mol.